The number of aromatic nitrogens is 2. The monoisotopic (exact) mass is 451 g/mol. The first-order valence-corrected chi connectivity index (χ1v) is 11.3. The lowest BCUT2D eigenvalue weighted by molar-refractivity contribution is -0.383. The molecule has 7 heteroatoms. The summed E-state index contributed by atoms with van der Waals surface area (Å²) in [5.41, 5.74) is 4.52. The van der Waals surface area contributed by atoms with Crippen LogP contribution in [0.15, 0.2) is 91.3 Å². The van der Waals surface area contributed by atoms with Gasteiger partial charge in [-0.3, -0.25) is 10.1 Å². The maximum atomic E-state index is 12.4. The van der Waals surface area contributed by atoms with Crippen LogP contribution in [0.4, 0.5) is 17.3 Å². The zero-order valence-electron chi connectivity index (χ0n) is 18.7. The molecule has 4 aromatic rings. The highest BCUT2D eigenvalue weighted by atomic mass is 16.6. The van der Waals surface area contributed by atoms with E-state index in [4.69, 9.17) is 0 Å². The fraction of sp³-hybridized carbons (Fsp3) is 0.185. The zero-order valence-corrected chi connectivity index (χ0v) is 18.7. The summed E-state index contributed by atoms with van der Waals surface area (Å²) in [6, 6.07) is 28.1. The Morgan fingerprint density at radius 3 is 2.03 bits per heavy atom. The van der Waals surface area contributed by atoms with Gasteiger partial charge in [0.25, 0.3) is 0 Å². The molecule has 5 rings (SSSR count). The van der Waals surface area contributed by atoms with Gasteiger partial charge in [0.1, 0.15) is 6.33 Å². The average Bonchev–Trinajstić information content (AvgIpc) is 2.89. The molecule has 2 heterocycles. The van der Waals surface area contributed by atoms with Crippen molar-refractivity contribution in [1.82, 2.24) is 9.97 Å². The second kappa shape index (κ2) is 9.70. The predicted molar refractivity (Wildman–Crippen MR) is 133 cm³/mol. The number of hydrogen-bond acceptors (Lipinski definition) is 6. The molecule has 7 nitrogen and oxygen atoms in total. The highest BCUT2D eigenvalue weighted by Gasteiger charge is 2.31. The van der Waals surface area contributed by atoms with E-state index >= 15 is 0 Å². The van der Waals surface area contributed by atoms with Crippen LogP contribution in [-0.2, 0) is 26.1 Å². The molecule has 0 bridgehead atoms. The van der Waals surface area contributed by atoms with Crippen LogP contribution in [0, 0.1) is 10.1 Å². The van der Waals surface area contributed by atoms with Gasteiger partial charge in [-0.05, 0) is 28.7 Å². The minimum absolute atomic E-state index is 0.0475. The van der Waals surface area contributed by atoms with Crippen LogP contribution in [0.2, 0.25) is 0 Å². The molecule has 0 aliphatic carbocycles. The number of nitro groups is 1. The van der Waals surface area contributed by atoms with Crippen molar-refractivity contribution in [3.63, 3.8) is 0 Å². The molecule has 1 aliphatic heterocycles. The molecular weight excluding hydrogens is 426 g/mol. The Kier molecular flexibility index (Phi) is 6.16. The topological polar surface area (TPSA) is 75.4 Å². The normalized spacial score (nSPS) is 12.8. The summed E-state index contributed by atoms with van der Waals surface area (Å²) < 4.78 is 0. The molecule has 0 atom stereocenters. The first-order valence-electron chi connectivity index (χ1n) is 11.3. The highest BCUT2D eigenvalue weighted by Crippen LogP contribution is 2.37. The maximum Gasteiger partial charge on any atom is 0.353 e. The summed E-state index contributed by atoms with van der Waals surface area (Å²) in [6.45, 7) is 2.25. The van der Waals surface area contributed by atoms with Gasteiger partial charge in [-0.1, -0.05) is 84.9 Å². The number of nitrogens with zero attached hydrogens (tertiary/aromatic N) is 5. The number of anilines is 2. The molecule has 0 saturated heterocycles. The van der Waals surface area contributed by atoms with E-state index in [1.165, 1.54) is 17.5 Å². The lowest BCUT2D eigenvalue weighted by Crippen LogP contribution is -2.32. The fourth-order valence-electron chi connectivity index (χ4n) is 4.48. The maximum absolute atomic E-state index is 12.4. The largest absolute Gasteiger partial charge is 0.353 e. The lowest BCUT2D eigenvalue weighted by Gasteiger charge is -2.30. The van der Waals surface area contributed by atoms with E-state index in [2.05, 4.69) is 22.1 Å². The van der Waals surface area contributed by atoms with Crippen LogP contribution in [0.1, 0.15) is 22.3 Å². The Morgan fingerprint density at radius 1 is 0.824 bits per heavy atom. The Bertz CT molecular complexity index is 1240. The van der Waals surface area contributed by atoms with Crippen LogP contribution in [-0.4, -0.2) is 21.4 Å². The van der Waals surface area contributed by atoms with Gasteiger partial charge in [0.15, 0.2) is 0 Å². The lowest BCUT2D eigenvalue weighted by atomic mass is 10.00. The predicted octanol–water partition coefficient (Wildman–Crippen LogP) is 5.15. The Hall–Kier alpha value is -4.26. The second-order valence-electron chi connectivity index (χ2n) is 8.39. The van der Waals surface area contributed by atoms with Gasteiger partial charge in [-0.25, -0.2) is 9.97 Å². The summed E-state index contributed by atoms with van der Waals surface area (Å²) in [5.74, 6) is 0.706. The molecule has 0 radical (unpaired) electrons. The number of hydrogen-bond donors (Lipinski definition) is 0. The van der Waals surface area contributed by atoms with E-state index in [1.807, 2.05) is 82.6 Å². The van der Waals surface area contributed by atoms with Crippen molar-refractivity contribution in [2.24, 2.45) is 0 Å². The van der Waals surface area contributed by atoms with Gasteiger partial charge < -0.3 is 9.80 Å². The van der Waals surface area contributed by atoms with Crippen molar-refractivity contribution in [3.8, 4) is 0 Å². The highest BCUT2D eigenvalue weighted by molar-refractivity contribution is 5.72. The third kappa shape index (κ3) is 4.59. The summed E-state index contributed by atoms with van der Waals surface area (Å²) in [4.78, 5) is 24.9. The van der Waals surface area contributed by atoms with E-state index < -0.39 is 0 Å². The number of benzene rings is 3. The quantitative estimate of drug-likeness (QED) is 0.286. The van der Waals surface area contributed by atoms with E-state index in [9.17, 15) is 10.1 Å². The Morgan fingerprint density at radius 2 is 1.41 bits per heavy atom. The standard InChI is InChI=1S/C27H25N5O2/c33-32(34)25-26(30-16-15-23-13-7-8-14-24(23)19-30)28-20-29-27(25)31(17-21-9-3-1-4-10-21)18-22-11-5-2-6-12-22/h1-14,20H,15-19H2. The average molecular weight is 452 g/mol. The molecule has 1 aromatic heterocycles. The Balaban J connectivity index is 1.55. The van der Waals surface area contributed by atoms with Crippen LogP contribution < -0.4 is 9.80 Å². The third-order valence-electron chi connectivity index (χ3n) is 6.13. The molecule has 0 amide bonds. The third-order valence-corrected chi connectivity index (χ3v) is 6.13. The van der Waals surface area contributed by atoms with Crippen LogP contribution >= 0.6 is 0 Å². The van der Waals surface area contributed by atoms with Crippen molar-refractivity contribution < 1.29 is 4.92 Å². The van der Waals surface area contributed by atoms with Gasteiger partial charge in [0.05, 0.1) is 4.92 Å². The summed E-state index contributed by atoms with van der Waals surface area (Å²) in [6.07, 6.45) is 2.27. The molecule has 0 N–H and O–H groups in total. The van der Waals surface area contributed by atoms with E-state index in [0.717, 1.165) is 17.5 Å². The summed E-state index contributed by atoms with van der Waals surface area (Å²) in [7, 11) is 0. The van der Waals surface area contributed by atoms with Gasteiger partial charge in [-0.15, -0.1) is 0 Å². The Labute approximate surface area is 198 Å². The van der Waals surface area contributed by atoms with Crippen LogP contribution in [0.3, 0.4) is 0 Å². The first kappa shape index (κ1) is 21.6. The smallest absolute Gasteiger partial charge is 0.346 e. The molecule has 34 heavy (non-hydrogen) atoms. The molecule has 170 valence electrons. The van der Waals surface area contributed by atoms with E-state index in [-0.39, 0.29) is 10.6 Å². The second-order valence-corrected chi connectivity index (χ2v) is 8.39. The number of fused-ring (bicyclic) bond motifs is 1. The van der Waals surface area contributed by atoms with Crippen molar-refractivity contribution in [2.75, 3.05) is 16.3 Å². The van der Waals surface area contributed by atoms with E-state index in [1.54, 1.807) is 0 Å². The minimum atomic E-state index is -0.339. The van der Waals surface area contributed by atoms with Crippen molar-refractivity contribution >= 4 is 17.3 Å². The van der Waals surface area contributed by atoms with Gasteiger partial charge in [-0.2, -0.15) is 0 Å². The van der Waals surface area contributed by atoms with Gasteiger partial charge in [0, 0.05) is 26.2 Å². The molecule has 3 aromatic carbocycles. The molecule has 0 unspecified atom stereocenters. The molecule has 0 saturated carbocycles. The SMILES string of the molecule is O=[N+]([O-])c1c(N(Cc2ccccc2)Cc2ccccc2)ncnc1N1CCc2ccccc2C1. The molecule has 0 spiro atoms. The van der Waals surface area contributed by atoms with E-state index in [0.29, 0.717) is 37.8 Å². The summed E-state index contributed by atoms with van der Waals surface area (Å²) in [5, 5.41) is 12.4. The molecular formula is C27H25N5O2. The molecule has 0 fully saturated rings. The first-order chi connectivity index (χ1) is 16.7. The van der Waals surface area contributed by atoms with Crippen LogP contribution in [0.5, 0.6) is 0 Å². The minimum Gasteiger partial charge on any atom is -0.346 e. The van der Waals surface area contributed by atoms with Crippen molar-refractivity contribution in [2.45, 2.75) is 26.1 Å². The van der Waals surface area contributed by atoms with Crippen molar-refractivity contribution in [3.05, 3.63) is 124 Å². The summed E-state index contributed by atoms with van der Waals surface area (Å²) >= 11 is 0. The van der Waals surface area contributed by atoms with Gasteiger partial charge >= 0.3 is 5.69 Å². The molecule has 1 aliphatic rings. The van der Waals surface area contributed by atoms with Gasteiger partial charge in [0.2, 0.25) is 11.6 Å². The van der Waals surface area contributed by atoms with Crippen molar-refractivity contribution in [1.29, 1.82) is 0 Å². The zero-order chi connectivity index (χ0) is 23.3. The van der Waals surface area contributed by atoms with Crippen LogP contribution in [0.25, 0.3) is 0 Å². The fourth-order valence-corrected chi connectivity index (χ4v) is 4.48. The number of rotatable bonds is 7.